The highest BCUT2D eigenvalue weighted by molar-refractivity contribution is 6.63. The van der Waals surface area contributed by atoms with Gasteiger partial charge in [-0.25, -0.2) is 4.79 Å². The Labute approximate surface area is 149 Å². The molecule has 1 aliphatic heterocycles. The third-order valence-electron chi connectivity index (χ3n) is 3.20. The summed E-state index contributed by atoms with van der Waals surface area (Å²) in [6.45, 7) is 9.71. The Bertz CT molecular complexity index is 706. The lowest BCUT2D eigenvalue weighted by atomic mass is 9.79. The number of hydrogen-bond donors (Lipinski definition) is 3. The van der Waals surface area contributed by atoms with Gasteiger partial charge in [-0.2, -0.15) is 13.2 Å². The van der Waals surface area contributed by atoms with E-state index in [2.05, 4.69) is 23.8 Å². The summed E-state index contributed by atoms with van der Waals surface area (Å²) in [4.78, 5) is 11.7. The summed E-state index contributed by atoms with van der Waals surface area (Å²) in [6.07, 6.45) is -4.49. The lowest BCUT2D eigenvalue weighted by Crippen LogP contribution is -2.37. The Kier molecular flexibility index (Phi) is 5.74. The van der Waals surface area contributed by atoms with Crippen LogP contribution in [0.4, 0.5) is 29.3 Å². The molecule has 26 heavy (non-hydrogen) atoms. The molecule has 0 saturated carbocycles. The fraction of sp³-hybridized carbons (Fsp3) is 0.312. The van der Waals surface area contributed by atoms with Crippen LogP contribution in [0.25, 0.3) is 0 Å². The molecule has 0 aliphatic carbocycles. The lowest BCUT2D eigenvalue weighted by Gasteiger charge is -2.15. The van der Waals surface area contributed by atoms with Gasteiger partial charge in [0.15, 0.2) is 0 Å². The molecule has 2 amide bonds. The number of halogens is 3. The van der Waals surface area contributed by atoms with Crippen molar-refractivity contribution in [1.82, 2.24) is 5.32 Å². The van der Waals surface area contributed by atoms with Crippen LogP contribution in [-0.2, 0) is 9.31 Å². The van der Waals surface area contributed by atoms with Crippen molar-refractivity contribution in [2.75, 3.05) is 17.2 Å². The number of carbonyl (C=O) groups excluding carboxylic acids is 1. The van der Waals surface area contributed by atoms with Gasteiger partial charge in [-0.05, 0) is 32.0 Å². The number of benzene rings is 1. The summed E-state index contributed by atoms with van der Waals surface area (Å²) in [5.74, 6) is 0.573. The number of rotatable bonds is 5. The maximum atomic E-state index is 12.2. The second-order valence-corrected chi connectivity index (χ2v) is 5.98. The fourth-order valence-electron chi connectivity index (χ4n) is 2.18. The minimum Gasteiger partial charge on any atom is -0.520 e. The van der Waals surface area contributed by atoms with E-state index in [9.17, 15) is 18.0 Å². The van der Waals surface area contributed by atoms with Crippen LogP contribution in [0.15, 0.2) is 42.9 Å². The summed E-state index contributed by atoms with van der Waals surface area (Å²) in [5.41, 5.74) is 1.46. The first-order valence-corrected chi connectivity index (χ1v) is 7.78. The number of alkyl halides is 3. The molecule has 0 spiro atoms. The molecule has 140 valence electrons. The maximum Gasteiger partial charge on any atom is 0.632 e. The number of carbonyl (C=O) groups is 1. The van der Waals surface area contributed by atoms with Gasteiger partial charge in [0.2, 0.25) is 0 Å². The molecule has 3 N–H and O–H groups in total. The predicted molar refractivity (Wildman–Crippen MR) is 94.1 cm³/mol. The Morgan fingerprint density at radius 3 is 2.27 bits per heavy atom. The van der Waals surface area contributed by atoms with Gasteiger partial charge in [-0.3, -0.25) is 0 Å². The molecule has 1 heterocycles. The largest absolute Gasteiger partial charge is 0.632 e. The van der Waals surface area contributed by atoms with Gasteiger partial charge < -0.3 is 25.3 Å². The van der Waals surface area contributed by atoms with Crippen molar-refractivity contribution < 1.29 is 27.3 Å². The van der Waals surface area contributed by atoms with E-state index in [1.807, 2.05) is 13.8 Å². The van der Waals surface area contributed by atoms with Crippen LogP contribution in [0.3, 0.4) is 0 Å². The Hall–Kier alpha value is -2.78. The van der Waals surface area contributed by atoms with Gasteiger partial charge in [0.05, 0.1) is 0 Å². The summed E-state index contributed by atoms with van der Waals surface area (Å²) in [6, 6.07) is 3.99. The van der Waals surface area contributed by atoms with Gasteiger partial charge in [0, 0.05) is 22.9 Å². The zero-order chi connectivity index (χ0) is 19.5. The van der Waals surface area contributed by atoms with Crippen molar-refractivity contribution >= 4 is 30.0 Å². The first-order chi connectivity index (χ1) is 12.0. The van der Waals surface area contributed by atoms with Crippen LogP contribution in [0.5, 0.6) is 0 Å². The van der Waals surface area contributed by atoms with Crippen LogP contribution in [0, 0.1) is 0 Å². The highest BCUT2D eigenvalue weighted by atomic mass is 19.4. The molecular weight excluding hydrogens is 350 g/mol. The van der Waals surface area contributed by atoms with E-state index < -0.39 is 25.9 Å². The second kappa shape index (κ2) is 7.63. The van der Waals surface area contributed by atoms with E-state index >= 15 is 0 Å². The van der Waals surface area contributed by atoms with E-state index in [1.54, 1.807) is 17.4 Å². The van der Waals surface area contributed by atoms with E-state index in [-0.39, 0.29) is 23.2 Å². The summed E-state index contributed by atoms with van der Waals surface area (Å²) >= 11 is 0. The standard InChI is InChI=1S/C16H19BF3N3O3/c1-9(2)22-13-5-12(17-25-10(3)11(4)26-17)6-14(7-13)23-15(24)21-8-16(18,19)20/h5-7,9,22H,3-4,8H2,1-2H3,(H2,21,23,24). The number of amides is 2. The highest BCUT2D eigenvalue weighted by Gasteiger charge is 2.35. The van der Waals surface area contributed by atoms with Crippen LogP contribution in [0.1, 0.15) is 13.8 Å². The van der Waals surface area contributed by atoms with Crippen molar-refractivity contribution in [2.24, 2.45) is 0 Å². The molecule has 2 rings (SSSR count). The second-order valence-electron chi connectivity index (χ2n) is 5.98. The van der Waals surface area contributed by atoms with Crippen molar-refractivity contribution in [2.45, 2.75) is 26.1 Å². The van der Waals surface area contributed by atoms with Crippen LogP contribution >= 0.6 is 0 Å². The van der Waals surface area contributed by atoms with Crippen molar-refractivity contribution in [3.05, 3.63) is 42.9 Å². The molecule has 1 aromatic carbocycles. The van der Waals surface area contributed by atoms with Crippen LogP contribution in [-0.4, -0.2) is 31.9 Å². The molecular formula is C16H19BF3N3O3. The third-order valence-corrected chi connectivity index (χ3v) is 3.20. The average molecular weight is 369 g/mol. The lowest BCUT2D eigenvalue weighted by molar-refractivity contribution is -0.122. The van der Waals surface area contributed by atoms with E-state index in [0.29, 0.717) is 11.2 Å². The van der Waals surface area contributed by atoms with Gasteiger partial charge in [0.1, 0.15) is 18.1 Å². The Morgan fingerprint density at radius 2 is 1.73 bits per heavy atom. The first-order valence-electron chi connectivity index (χ1n) is 7.78. The molecule has 0 atom stereocenters. The number of urea groups is 1. The van der Waals surface area contributed by atoms with Crippen molar-refractivity contribution in [3.8, 4) is 0 Å². The third kappa shape index (κ3) is 5.64. The highest BCUT2D eigenvalue weighted by Crippen LogP contribution is 2.23. The quantitative estimate of drug-likeness (QED) is 0.698. The molecule has 1 fully saturated rings. The summed E-state index contributed by atoms with van der Waals surface area (Å²) in [5, 5.41) is 7.27. The van der Waals surface area contributed by atoms with Crippen molar-refractivity contribution in [1.29, 1.82) is 0 Å². The van der Waals surface area contributed by atoms with Crippen molar-refractivity contribution in [3.63, 3.8) is 0 Å². The minimum atomic E-state index is -4.49. The number of hydrogen-bond acceptors (Lipinski definition) is 4. The first kappa shape index (κ1) is 19.5. The molecule has 6 nitrogen and oxygen atoms in total. The number of nitrogens with one attached hydrogen (secondary N) is 3. The number of anilines is 2. The maximum absolute atomic E-state index is 12.2. The van der Waals surface area contributed by atoms with E-state index in [4.69, 9.17) is 9.31 Å². The fourth-order valence-corrected chi connectivity index (χ4v) is 2.18. The minimum absolute atomic E-state index is 0.0903. The smallest absolute Gasteiger partial charge is 0.520 e. The predicted octanol–water partition coefficient (Wildman–Crippen LogP) is 2.96. The Morgan fingerprint density at radius 1 is 1.15 bits per heavy atom. The summed E-state index contributed by atoms with van der Waals surface area (Å²) < 4.78 is 47.5. The van der Waals surface area contributed by atoms with E-state index in [0.717, 1.165) is 0 Å². The molecule has 1 aromatic rings. The molecule has 1 aliphatic rings. The SMILES string of the molecule is C=C1OB(c2cc(NC(=O)NCC(F)(F)F)cc(NC(C)C)c2)OC1=C. The molecule has 0 bridgehead atoms. The molecule has 0 unspecified atom stereocenters. The molecule has 0 aromatic heterocycles. The summed E-state index contributed by atoms with van der Waals surface area (Å²) in [7, 11) is -0.803. The zero-order valence-corrected chi connectivity index (χ0v) is 14.4. The van der Waals surface area contributed by atoms with E-state index in [1.165, 1.54) is 6.07 Å². The van der Waals surface area contributed by atoms with Crippen LogP contribution in [0.2, 0.25) is 0 Å². The monoisotopic (exact) mass is 369 g/mol. The van der Waals surface area contributed by atoms with Gasteiger partial charge in [0.25, 0.3) is 0 Å². The average Bonchev–Trinajstić information content (AvgIpc) is 2.83. The van der Waals surface area contributed by atoms with Gasteiger partial charge in [-0.1, -0.05) is 13.2 Å². The molecule has 0 radical (unpaired) electrons. The topological polar surface area (TPSA) is 71.6 Å². The van der Waals surface area contributed by atoms with Gasteiger partial charge in [-0.15, -0.1) is 0 Å². The van der Waals surface area contributed by atoms with Gasteiger partial charge >= 0.3 is 19.3 Å². The normalized spacial score (nSPS) is 14.2. The molecule has 1 saturated heterocycles. The molecule has 10 heteroatoms. The van der Waals surface area contributed by atoms with Crippen LogP contribution < -0.4 is 21.4 Å². The Balaban J connectivity index is 2.19. The zero-order valence-electron chi connectivity index (χ0n) is 14.4.